The van der Waals surface area contributed by atoms with Gasteiger partial charge in [-0.1, -0.05) is 18.2 Å². The van der Waals surface area contributed by atoms with Gasteiger partial charge in [0, 0.05) is 50.3 Å². The number of carbonyl (C=O) groups excluding carboxylic acids is 1. The molecular formula is C24H30N6O2. The minimum absolute atomic E-state index is 0.0254. The highest BCUT2D eigenvalue weighted by molar-refractivity contribution is 5.75. The van der Waals surface area contributed by atoms with Crippen molar-refractivity contribution < 1.29 is 9.53 Å². The summed E-state index contributed by atoms with van der Waals surface area (Å²) in [6.07, 6.45) is 7.78. The lowest BCUT2D eigenvalue weighted by atomic mass is 10.0. The van der Waals surface area contributed by atoms with Crippen molar-refractivity contribution in [3.63, 3.8) is 0 Å². The van der Waals surface area contributed by atoms with E-state index in [0.29, 0.717) is 19.0 Å². The van der Waals surface area contributed by atoms with Gasteiger partial charge in [0.25, 0.3) is 5.88 Å². The molecule has 2 amide bonds. The van der Waals surface area contributed by atoms with Gasteiger partial charge >= 0.3 is 6.03 Å². The van der Waals surface area contributed by atoms with Crippen LogP contribution in [0.4, 0.5) is 4.79 Å². The van der Waals surface area contributed by atoms with Crippen molar-refractivity contribution in [1.29, 1.82) is 0 Å². The third-order valence-corrected chi connectivity index (χ3v) is 6.52. The van der Waals surface area contributed by atoms with Crippen LogP contribution in [0.1, 0.15) is 38.3 Å². The molecule has 2 aliphatic rings. The summed E-state index contributed by atoms with van der Waals surface area (Å²) in [5.41, 5.74) is 3.62. The molecule has 168 valence electrons. The van der Waals surface area contributed by atoms with Crippen LogP contribution in [-0.2, 0) is 0 Å². The molecule has 1 fully saturated rings. The number of amides is 2. The number of carbonyl (C=O) groups is 1. The monoisotopic (exact) mass is 434 g/mol. The smallest absolute Gasteiger partial charge is 0.317 e. The number of nitrogens with zero attached hydrogens (tertiary/aromatic N) is 5. The van der Waals surface area contributed by atoms with Crippen LogP contribution in [0.5, 0.6) is 5.88 Å². The summed E-state index contributed by atoms with van der Waals surface area (Å²) >= 11 is 0. The zero-order valence-corrected chi connectivity index (χ0v) is 18.7. The number of benzene rings is 1. The van der Waals surface area contributed by atoms with Gasteiger partial charge in [-0.25, -0.2) is 14.8 Å². The lowest BCUT2D eigenvalue weighted by Gasteiger charge is -2.33. The summed E-state index contributed by atoms with van der Waals surface area (Å²) in [4.78, 5) is 26.5. The number of hydrogen-bond acceptors (Lipinski definition) is 5. The zero-order chi connectivity index (χ0) is 22.1. The Bertz CT molecular complexity index is 1110. The number of piperidine rings is 1. The van der Waals surface area contributed by atoms with Gasteiger partial charge in [0.1, 0.15) is 6.10 Å². The van der Waals surface area contributed by atoms with E-state index in [0.717, 1.165) is 54.9 Å². The number of ether oxygens (including phenoxy) is 1. The summed E-state index contributed by atoms with van der Waals surface area (Å²) in [7, 11) is 0. The number of aromatic nitrogens is 3. The number of rotatable bonds is 1. The van der Waals surface area contributed by atoms with E-state index in [9.17, 15) is 4.79 Å². The molecule has 6 bridgehead atoms. The maximum Gasteiger partial charge on any atom is 0.317 e. The van der Waals surface area contributed by atoms with Crippen LogP contribution in [-0.4, -0.2) is 69.0 Å². The van der Waals surface area contributed by atoms with Crippen LogP contribution in [0.2, 0.25) is 0 Å². The van der Waals surface area contributed by atoms with Crippen LogP contribution in [0.3, 0.4) is 0 Å². The Kier molecular flexibility index (Phi) is 5.70. The van der Waals surface area contributed by atoms with E-state index in [4.69, 9.17) is 9.72 Å². The van der Waals surface area contributed by atoms with E-state index in [-0.39, 0.29) is 18.2 Å². The molecule has 0 spiro atoms. The van der Waals surface area contributed by atoms with Crippen LogP contribution >= 0.6 is 0 Å². The minimum atomic E-state index is -0.0556. The Morgan fingerprint density at radius 1 is 1.28 bits per heavy atom. The van der Waals surface area contributed by atoms with Gasteiger partial charge < -0.3 is 19.4 Å². The molecule has 2 aromatic heterocycles. The fraction of sp³-hybridized carbons (Fsp3) is 0.458. The van der Waals surface area contributed by atoms with E-state index >= 15 is 0 Å². The maximum atomic E-state index is 12.9. The summed E-state index contributed by atoms with van der Waals surface area (Å²) in [5.74, 6) is 0.577. The van der Waals surface area contributed by atoms with Gasteiger partial charge in [-0.2, -0.15) is 0 Å². The van der Waals surface area contributed by atoms with Crippen molar-refractivity contribution in [2.45, 2.75) is 38.8 Å². The summed E-state index contributed by atoms with van der Waals surface area (Å²) in [6, 6.07) is 8.17. The Balaban J connectivity index is 1.59. The van der Waals surface area contributed by atoms with E-state index in [2.05, 4.69) is 34.3 Å². The first-order chi connectivity index (χ1) is 15.6. The summed E-state index contributed by atoms with van der Waals surface area (Å²) in [6.45, 7) is 7.98. The summed E-state index contributed by atoms with van der Waals surface area (Å²) in [5, 5.41) is 3.11. The molecular weight excluding hydrogens is 404 g/mol. The molecule has 5 rings (SSSR count). The second kappa shape index (κ2) is 8.78. The fourth-order valence-corrected chi connectivity index (χ4v) is 4.74. The lowest BCUT2D eigenvalue weighted by molar-refractivity contribution is 0.0863. The average molecular weight is 435 g/mol. The molecule has 32 heavy (non-hydrogen) atoms. The number of nitrogens with one attached hydrogen (secondary N) is 1. The largest absolute Gasteiger partial charge is 0.470 e. The van der Waals surface area contributed by atoms with E-state index < -0.39 is 0 Å². The predicted octanol–water partition coefficient (Wildman–Crippen LogP) is 3.35. The van der Waals surface area contributed by atoms with Gasteiger partial charge in [-0.15, -0.1) is 0 Å². The number of fused-ring (bicyclic) bond motifs is 9. The molecule has 1 N–H and O–H groups in total. The van der Waals surface area contributed by atoms with Crippen molar-refractivity contribution in [2.75, 3.05) is 32.7 Å². The highest BCUT2D eigenvalue weighted by atomic mass is 16.5. The average Bonchev–Trinajstić information content (AvgIpc) is 3.28. The van der Waals surface area contributed by atoms with Crippen molar-refractivity contribution in [3.05, 3.63) is 48.4 Å². The predicted molar refractivity (Wildman–Crippen MR) is 123 cm³/mol. The van der Waals surface area contributed by atoms with Gasteiger partial charge in [-0.3, -0.25) is 4.90 Å². The van der Waals surface area contributed by atoms with Crippen molar-refractivity contribution in [1.82, 2.24) is 29.5 Å². The third kappa shape index (κ3) is 4.02. The van der Waals surface area contributed by atoms with E-state index in [1.54, 1.807) is 6.20 Å². The first-order valence-electron chi connectivity index (χ1n) is 11.5. The molecule has 8 nitrogen and oxygen atoms in total. The molecule has 3 atom stereocenters. The molecule has 1 aromatic carbocycles. The standard InChI is InChI=1S/C24H30N6O2/c1-3-30-17(2)18-6-4-7-19(14-18)21-16-29-13-10-25-22(29)23(27-21)32-20-8-5-11-28(15-20)12-9-26-24(30)31/h4,6-7,10,13-14,16-17,20H,3,5,8-9,11-12,15H2,1-2H3,(H,26,31)/t17-,20?/m1/s1. The normalized spacial score (nSPS) is 24.1. The fourth-order valence-electron chi connectivity index (χ4n) is 4.74. The summed E-state index contributed by atoms with van der Waals surface area (Å²) < 4.78 is 8.39. The minimum Gasteiger partial charge on any atom is -0.470 e. The first kappa shape index (κ1) is 20.8. The van der Waals surface area contributed by atoms with Crippen molar-refractivity contribution in [2.24, 2.45) is 0 Å². The second-order valence-corrected chi connectivity index (χ2v) is 8.59. The van der Waals surface area contributed by atoms with Crippen LogP contribution < -0.4 is 10.1 Å². The maximum absolute atomic E-state index is 12.9. The third-order valence-electron chi connectivity index (χ3n) is 6.52. The van der Waals surface area contributed by atoms with E-state index in [1.807, 2.05) is 40.8 Å². The molecule has 2 aliphatic heterocycles. The first-order valence-corrected chi connectivity index (χ1v) is 11.5. The Morgan fingerprint density at radius 3 is 3.06 bits per heavy atom. The molecule has 8 heteroatoms. The molecule has 0 aliphatic carbocycles. The van der Waals surface area contributed by atoms with Crippen LogP contribution in [0, 0.1) is 0 Å². The molecule has 2 unspecified atom stereocenters. The molecule has 0 radical (unpaired) electrons. The number of imidazole rings is 1. The van der Waals surface area contributed by atoms with Crippen LogP contribution in [0.15, 0.2) is 42.9 Å². The van der Waals surface area contributed by atoms with Gasteiger partial charge in [0.2, 0.25) is 5.65 Å². The van der Waals surface area contributed by atoms with Crippen LogP contribution in [0.25, 0.3) is 16.9 Å². The second-order valence-electron chi connectivity index (χ2n) is 8.59. The van der Waals surface area contributed by atoms with Crippen molar-refractivity contribution >= 4 is 11.7 Å². The highest BCUT2D eigenvalue weighted by Crippen LogP contribution is 2.29. The molecule has 1 saturated heterocycles. The van der Waals surface area contributed by atoms with E-state index in [1.165, 1.54) is 0 Å². The lowest BCUT2D eigenvalue weighted by Crippen LogP contribution is -2.47. The molecule has 4 heterocycles. The Labute approximate surface area is 188 Å². The number of urea groups is 1. The van der Waals surface area contributed by atoms with Crippen molar-refractivity contribution in [3.8, 4) is 17.1 Å². The van der Waals surface area contributed by atoms with Gasteiger partial charge in [-0.05, 0) is 44.9 Å². The molecule has 0 saturated carbocycles. The zero-order valence-electron chi connectivity index (χ0n) is 18.7. The quantitative estimate of drug-likeness (QED) is 0.636. The molecule has 3 aromatic rings. The SMILES string of the molecule is CCN1C(=O)NCCN2CCCC(C2)Oc2nc(cn3ccnc23)-c2cccc(c2)[C@H]1C. The van der Waals surface area contributed by atoms with Gasteiger partial charge in [0.15, 0.2) is 0 Å². The Hall–Kier alpha value is -3.13. The van der Waals surface area contributed by atoms with Gasteiger partial charge in [0.05, 0.1) is 11.7 Å². The Morgan fingerprint density at radius 2 is 2.19 bits per heavy atom. The highest BCUT2D eigenvalue weighted by Gasteiger charge is 2.25. The topological polar surface area (TPSA) is 75.0 Å². The number of hydrogen-bond donors (Lipinski definition) is 1.